The summed E-state index contributed by atoms with van der Waals surface area (Å²) in [6.45, 7) is 5.94. The molecular formula is C19H28F3N3O2. The van der Waals surface area contributed by atoms with E-state index in [2.05, 4.69) is 10.6 Å². The summed E-state index contributed by atoms with van der Waals surface area (Å²) in [5.74, 6) is 0.701. The lowest BCUT2D eigenvalue weighted by Gasteiger charge is -2.35. The number of amides is 1. The van der Waals surface area contributed by atoms with E-state index in [1.54, 1.807) is 24.3 Å². The van der Waals surface area contributed by atoms with E-state index >= 15 is 0 Å². The van der Waals surface area contributed by atoms with Gasteiger partial charge in [0, 0.05) is 32.7 Å². The Bertz CT molecular complexity index is 585. The van der Waals surface area contributed by atoms with Crippen LogP contribution in [-0.4, -0.2) is 62.4 Å². The number of nitrogens with zero attached hydrogens (tertiary/aromatic N) is 1. The highest BCUT2D eigenvalue weighted by Gasteiger charge is 2.43. The van der Waals surface area contributed by atoms with Gasteiger partial charge in [-0.25, -0.2) is 0 Å². The van der Waals surface area contributed by atoms with Crippen LogP contribution in [0.3, 0.4) is 0 Å². The van der Waals surface area contributed by atoms with Gasteiger partial charge in [0.05, 0.1) is 13.0 Å². The number of hydrogen-bond donors (Lipinski definition) is 2. The number of halogens is 3. The second-order valence-corrected chi connectivity index (χ2v) is 7.17. The molecule has 1 aromatic carbocycles. The first-order valence-corrected chi connectivity index (χ1v) is 9.25. The van der Waals surface area contributed by atoms with Crippen LogP contribution in [0.15, 0.2) is 24.3 Å². The highest BCUT2D eigenvalue weighted by molar-refractivity contribution is 5.78. The average molecular weight is 387 g/mol. The van der Waals surface area contributed by atoms with Gasteiger partial charge in [0.15, 0.2) is 0 Å². The number of rotatable bonds is 8. The van der Waals surface area contributed by atoms with E-state index < -0.39 is 24.7 Å². The number of hydrogen-bond acceptors (Lipinski definition) is 4. The molecule has 1 atom stereocenters. The lowest BCUT2D eigenvalue weighted by atomic mass is 10.1. The van der Waals surface area contributed by atoms with Crippen LogP contribution in [0.5, 0.6) is 5.75 Å². The monoisotopic (exact) mass is 387 g/mol. The summed E-state index contributed by atoms with van der Waals surface area (Å²) in [5, 5.41) is 5.47. The first-order valence-electron chi connectivity index (χ1n) is 9.25. The van der Waals surface area contributed by atoms with Gasteiger partial charge in [0.25, 0.3) is 0 Å². The molecule has 0 radical (unpaired) electrons. The lowest BCUT2D eigenvalue weighted by Crippen LogP contribution is -2.57. The third kappa shape index (κ3) is 7.38. The quantitative estimate of drug-likeness (QED) is 0.718. The van der Waals surface area contributed by atoms with Crippen molar-refractivity contribution in [2.45, 2.75) is 32.5 Å². The molecule has 1 aliphatic heterocycles. The molecule has 0 saturated carbocycles. The molecule has 1 aliphatic rings. The summed E-state index contributed by atoms with van der Waals surface area (Å²) in [7, 11) is 0. The van der Waals surface area contributed by atoms with Crippen molar-refractivity contribution in [3.05, 3.63) is 29.8 Å². The standard InChI is InChI=1S/C19H28F3N3O2/c1-14(2)13-27-16-5-3-15(4-6-16)11-18(26)24-12-17(19(20,21)22)25-9-7-23-8-10-25/h3-6,14,17,23H,7-13H2,1-2H3,(H,24,26). The number of alkyl halides is 3. The molecule has 1 aromatic rings. The Labute approximate surface area is 158 Å². The number of nitrogens with one attached hydrogen (secondary N) is 2. The summed E-state index contributed by atoms with van der Waals surface area (Å²) in [6, 6.07) is 5.39. The SMILES string of the molecule is CC(C)COc1ccc(CC(=O)NCC(N2CCNCC2)C(F)(F)F)cc1. The molecule has 152 valence electrons. The topological polar surface area (TPSA) is 53.6 Å². The van der Waals surface area contributed by atoms with E-state index in [1.165, 1.54) is 4.90 Å². The fourth-order valence-electron chi connectivity index (χ4n) is 2.87. The van der Waals surface area contributed by atoms with E-state index in [9.17, 15) is 18.0 Å². The van der Waals surface area contributed by atoms with E-state index in [1.807, 2.05) is 13.8 Å². The predicted molar refractivity (Wildman–Crippen MR) is 97.8 cm³/mol. The maximum absolute atomic E-state index is 13.3. The Hall–Kier alpha value is -1.80. The van der Waals surface area contributed by atoms with Crippen LogP contribution in [0.2, 0.25) is 0 Å². The molecule has 0 spiro atoms. The van der Waals surface area contributed by atoms with Crippen molar-refractivity contribution in [1.29, 1.82) is 0 Å². The predicted octanol–water partition coefficient (Wildman–Crippen LogP) is 2.22. The minimum Gasteiger partial charge on any atom is -0.493 e. The first-order chi connectivity index (χ1) is 12.8. The van der Waals surface area contributed by atoms with Gasteiger partial charge < -0.3 is 15.4 Å². The molecule has 1 fully saturated rings. The van der Waals surface area contributed by atoms with Crippen molar-refractivity contribution in [3.8, 4) is 5.75 Å². The van der Waals surface area contributed by atoms with Crippen molar-refractivity contribution >= 4 is 5.91 Å². The van der Waals surface area contributed by atoms with E-state index in [-0.39, 0.29) is 6.42 Å². The van der Waals surface area contributed by atoms with Gasteiger partial charge in [-0.2, -0.15) is 13.2 Å². The zero-order valence-corrected chi connectivity index (χ0v) is 15.8. The van der Waals surface area contributed by atoms with Gasteiger partial charge in [-0.05, 0) is 23.6 Å². The second kappa shape index (κ2) is 9.94. The molecule has 27 heavy (non-hydrogen) atoms. The summed E-state index contributed by atoms with van der Waals surface area (Å²) in [5.41, 5.74) is 0.732. The van der Waals surface area contributed by atoms with Crippen molar-refractivity contribution in [1.82, 2.24) is 15.5 Å². The van der Waals surface area contributed by atoms with Crippen LogP contribution < -0.4 is 15.4 Å². The maximum atomic E-state index is 13.3. The molecule has 1 unspecified atom stereocenters. The number of carbonyl (C=O) groups is 1. The third-order valence-electron chi connectivity index (χ3n) is 4.33. The largest absolute Gasteiger partial charge is 0.493 e. The molecule has 2 rings (SSSR count). The fourth-order valence-corrected chi connectivity index (χ4v) is 2.87. The van der Waals surface area contributed by atoms with Gasteiger partial charge >= 0.3 is 6.18 Å². The Balaban J connectivity index is 1.84. The van der Waals surface area contributed by atoms with Crippen LogP contribution in [0, 0.1) is 5.92 Å². The van der Waals surface area contributed by atoms with Crippen LogP contribution >= 0.6 is 0 Å². The molecule has 0 aromatic heterocycles. The van der Waals surface area contributed by atoms with Crippen molar-refractivity contribution in [3.63, 3.8) is 0 Å². The molecule has 1 amide bonds. The van der Waals surface area contributed by atoms with Crippen molar-refractivity contribution in [2.75, 3.05) is 39.3 Å². The highest BCUT2D eigenvalue weighted by Crippen LogP contribution is 2.24. The number of piperazine rings is 1. The molecular weight excluding hydrogens is 359 g/mol. The molecule has 0 aliphatic carbocycles. The molecule has 1 heterocycles. The van der Waals surface area contributed by atoms with E-state index in [4.69, 9.17) is 4.74 Å². The fraction of sp³-hybridized carbons (Fsp3) is 0.632. The minimum absolute atomic E-state index is 0.0383. The zero-order valence-electron chi connectivity index (χ0n) is 15.8. The molecule has 1 saturated heterocycles. The van der Waals surface area contributed by atoms with Crippen LogP contribution in [0.1, 0.15) is 19.4 Å². The van der Waals surface area contributed by atoms with Crippen LogP contribution in [0.25, 0.3) is 0 Å². The Kier molecular flexibility index (Phi) is 7.91. The average Bonchev–Trinajstić information content (AvgIpc) is 2.61. The van der Waals surface area contributed by atoms with Gasteiger partial charge in [-0.3, -0.25) is 9.69 Å². The highest BCUT2D eigenvalue weighted by atomic mass is 19.4. The molecule has 5 nitrogen and oxygen atoms in total. The van der Waals surface area contributed by atoms with E-state index in [0.717, 1.165) is 5.56 Å². The molecule has 2 N–H and O–H groups in total. The number of benzene rings is 1. The number of ether oxygens (including phenoxy) is 1. The van der Waals surface area contributed by atoms with Gasteiger partial charge in [0.2, 0.25) is 5.91 Å². The van der Waals surface area contributed by atoms with Crippen molar-refractivity contribution in [2.24, 2.45) is 5.92 Å². The van der Waals surface area contributed by atoms with Gasteiger partial charge in [-0.1, -0.05) is 26.0 Å². The van der Waals surface area contributed by atoms with Crippen molar-refractivity contribution < 1.29 is 22.7 Å². The Morgan fingerprint density at radius 3 is 2.41 bits per heavy atom. The maximum Gasteiger partial charge on any atom is 0.405 e. The summed E-state index contributed by atoms with van der Waals surface area (Å²) >= 11 is 0. The second-order valence-electron chi connectivity index (χ2n) is 7.17. The van der Waals surface area contributed by atoms with Gasteiger partial charge in [0.1, 0.15) is 11.8 Å². The van der Waals surface area contributed by atoms with Crippen LogP contribution in [-0.2, 0) is 11.2 Å². The molecule has 8 heteroatoms. The van der Waals surface area contributed by atoms with Gasteiger partial charge in [-0.15, -0.1) is 0 Å². The smallest absolute Gasteiger partial charge is 0.405 e. The lowest BCUT2D eigenvalue weighted by molar-refractivity contribution is -0.184. The van der Waals surface area contributed by atoms with Crippen LogP contribution in [0.4, 0.5) is 13.2 Å². The summed E-state index contributed by atoms with van der Waals surface area (Å²) < 4.78 is 45.6. The molecule has 0 bridgehead atoms. The minimum atomic E-state index is -4.37. The third-order valence-corrected chi connectivity index (χ3v) is 4.33. The normalized spacial score (nSPS) is 17.0. The summed E-state index contributed by atoms with van der Waals surface area (Å²) in [6.07, 6.45) is -4.34. The Morgan fingerprint density at radius 1 is 1.22 bits per heavy atom. The van der Waals surface area contributed by atoms with E-state index in [0.29, 0.717) is 44.5 Å². The Morgan fingerprint density at radius 2 is 1.85 bits per heavy atom. The summed E-state index contributed by atoms with van der Waals surface area (Å²) in [4.78, 5) is 13.5. The zero-order chi connectivity index (χ0) is 19.9. The first kappa shape index (κ1) is 21.5. The number of carbonyl (C=O) groups excluding carboxylic acids is 1.